The number of aliphatic hydroxyl groups is 3. The number of imidazole rings is 1. The number of anilines is 1. The van der Waals surface area contributed by atoms with Gasteiger partial charge in [-0.2, -0.15) is 0 Å². The molecule has 1 aliphatic rings. The number of nitrogens with one attached hydrogen (secondary N) is 1. The summed E-state index contributed by atoms with van der Waals surface area (Å²) in [6.07, 6.45) is -2.01. The second-order valence-corrected chi connectivity index (χ2v) is 6.83. The first-order valence-electron chi connectivity index (χ1n) is 8.58. The fraction of sp³-hybridized carbons (Fsp3) is 0.353. The topological polar surface area (TPSA) is 126 Å². The van der Waals surface area contributed by atoms with Crippen LogP contribution in [0.15, 0.2) is 24.8 Å². The minimum Gasteiger partial charge on any atom is -0.394 e. The Hall–Kier alpha value is -2.44. The lowest BCUT2D eigenvalue weighted by Crippen LogP contribution is -2.33. The van der Waals surface area contributed by atoms with Crippen molar-refractivity contribution in [1.82, 2.24) is 19.5 Å². The van der Waals surface area contributed by atoms with Crippen LogP contribution in [0.1, 0.15) is 11.8 Å². The molecule has 0 unspecified atom stereocenters. The minimum atomic E-state index is -1.31. The first-order chi connectivity index (χ1) is 13.9. The second kappa shape index (κ2) is 7.76. The highest BCUT2D eigenvalue weighted by Gasteiger charge is 2.44. The van der Waals surface area contributed by atoms with E-state index < -0.39 is 42.8 Å². The van der Waals surface area contributed by atoms with E-state index in [4.69, 9.17) is 16.3 Å². The maximum atomic E-state index is 14.0. The number of hydrogen-bond donors (Lipinski definition) is 4. The predicted molar refractivity (Wildman–Crippen MR) is 97.0 cm³/mol. The number of halogens is 3. The summed E-state index contributed by atoms with van der Waals surface area (Å²) < 4.78 is 34.4. The summed E-state index contributed by atoms with van der Waals surface area (Å²) in [5.74, 6) is -1.20. The van der Waals surface area contributed by atoms with Gasteiger partial charge >= 0.3 is 0 Å². The Kier molecular flexibility index (Phi) is 5.32. The van der Waals surface area contributed by atoms with E-state index in [0.717, 1.165) is 12.1 Å². The first-order valence-corrected chi connectivity index (χ1v) is 8.96. The van der Waals surface area contributed by atoms with Gasteiger partial charge in [0.25, 0.3) is 0 Å². The molecule has 3 aromatic rings. The van der Waals surface area contributed by atoms with Gasteiger partial charge in [0.2, 0.25) is 0 Å². The number of hydrogen-bond acceptors (Lipinski definition) is 8. The van der Waals surface area contributed by atoms with Gasteiger partial charge in [0, 0.05) is 12.1 Å². The smallest absolute Gasteiger partial charge is 0.167 e. The zero-order valence-corrected chi connectivity index (χ0v) is 15.5. The average Bonchev–Trinajstić information content (AvgIpc) is 3.26. The molecule has 0 bridgehead atoms. The SMILES string of the molecule is OC[C@H]1O[C@@H](n2cnc3c(NCc4c(F)ccc(F)c4Cl)ncnc32)[C@@H](O)[C@@H]1O. The van der Waals surface area contributed by atoms with Gasteiger partial charge in [0.05, 0.1) is 18.0 Å². The molecule has 4 rings (SSSR count). The largest absolute Gasteiger partial charge is 0.394 e. The molecule has 0 amide bonds. The van der Waals surface area contributed by atoms with Crippen LogP contribution in [0.25, 0.3) is 11.2 Å². The van der Waals surface area contributed by atoms with Gasteiger partial charge in [-0.3, -0.25) is 4.57 Å². The number of aromatic nitrogens is 4. The van der Waals surface area contributed by atoms with Gasteiger partial charge < -0.3 is 25.4 Å². The number of nitrogens with zero attached hydrogens (tertiary/aromatic N) is 4. The van der Waals surface area contributed by atoms with E-state index in [1.165, 1.54) is 17.2 Å². The summed E-state index contributed by atoms with van der Waals surface area (Å²) >= 11 is 5.83. The highest BCUT2D eigenvalue weighted by molar-refractivity contribution is 6.31. The van der Waals surface area contributed by atoms with Gasteiger partial charge in [-0.1, -0.05) is 11.6 Å². The fourth-order valence-electron chi connectivity index (χ4n) is 3.18. The Morgan fingerprint density at radius 3 is 2.62 bits per heavy atom. The molecule has 29 heavy (non-hydrogen) atoms. The van der Waals surface area contributed by atoms with Gasteiger partial charge in [0.15, 0.2) is 23.2 Å². The highest BCUT2D eigenvalue weighted by atomic mass is 35.5. The van der Waals surface area contributed by atoms with Gasteiger partial charge in [-0.25, -0.2) is 23.7 Å². The number of aliphatic hydroxyl groups excluding tert-OH is 3. The van der Waals surface area contributed by atoms with E-state index in [0.29, 0.717) is 0 Å². The molecule has 0 saturated carbocycles. The third-order valence-corrected chi connectivity index (χ3v) is 5.13. The molecule has 4 atom stereocenters. The number of ether oxygens (including phenoxy) is 1. The molecule has 1 aliphatic heterocycles. The van der Waals surface area contributed by atoms with Crippen molar-refractivity contribution in [2.45, 2.75) is 31.1 Å². The lowest BCUT2D eigenvalue weighted by Gasteiger charge is -2.16. The van der Waals surface area contributed by atoms with Crippen LogP contribution in [0.2, 0.25) is 5.02 Å². The lowest BCUT2D eigenvalue weighted by molar-refractivity contribution is -0.0511. The minimum absolute atomic E-state index is 0.0682. The van der Waals surface area contributed by atoms with Crippen LogP contribution in [0.5, 0.6) is 0 Å². The average molecular weight is 428 g/mol. The zero-order chi connectivity index (χ0) is 20.7. The van der Waals surface area contributed by atoms with Crippen molar-refractivity contribution in [3.8, 4) is 0 Å². The molecule has 1 fully saturated rings. The molecular weight excluding hydrogens is 412 g/mol. The predicted octanol–water partition coefficient (Wildman–Crippen LogP) is 0.981. The maximum absolute atomic E-state index is 14.0. The summed E-state index contributed by atoms with van der Waals surface area (Å²) in [6, 6.07) is 1.91. The molecule has 2 aromatic heterocycles. The summed E-state index contributed by atoms with van der Waals surface area (Å²) in [5, 5.41) is 31.9. The first kappa shape index (κ1) is 19.9. The summed E-state index contributed by atoms with van der Waals surface area (Å²) in [7, 11) is 0. The van der Waals surface area contributed by atoms with Crippen molar-refractivity contribution in [2.75, 3.05) is 11.9 Å². The van der Waals surface area contributed by atoms with Crippen molar-refractivity contribution in [3.05, 3.63) is 47.0 Å². The highest BCUT2D eigenvalue weighted by Crippen LogP contribution is 2.32. The number of rotatable bonds is 5. The Morgan fingerprint density at radius 2 is 1.90 bits per heavy atom. The Balaban J connectivity index is 1.63. The van der Waals surface area contributed by atoms with Crippen molar-refractivity contribution < 1.29 is 28.8 Å². The summed E-state index contributed by atoms with van der Waals surface area (Å²) in [4.78, 5) is 12.4. The van der Waals surface area contributed by atoms with Crippen LogP contribution in [0, 0.1) is 11.6 Å². The Labute approximate surface area is 167 Å². The van der Waals surface area contributed by atoms with E-state index in [2.05, 4.69) is 20.3 Å². The molecule has 0 spiro atoms. The van der Waals surface area contributed by atoms with Crippen LogP contribution < -0.4 is 5.32 Å². The summed E-state index contributed by atoms with van der Waals surface area (Å²) in [5.41, 5.74) is 0.475. The van der Waals surface area contributed by atoms with Crippen molar-refractivity contribution in [3.63, 3.8) is 0 Å². The van der Waals surface area contributed by atoms with Crippen LogP contribution in [0.3, 0.4) is 0 Å². The molecular formula is C17H16ClF2N5O4. The number of benzene rings is 1. The molecule has 1 aromatic carbocycles. The van der Waals surface area contributed by atoms with Crippen LogP contribution in [-0.4, -0.2) is 59.8 Å². The van der Waals surface area contributed by atoms with Crippen molar-refractivity contribution >= 4 is 28.6 Å². The molecule has 4 N–H and O–H groups in total. The fourth-order valence-corrected chi connectivity index (χ4v) is 3.40. The molecule has 12 heteroatoms. The Morgan fingerprint density at radius 1 is 1.14 bits per heavy atom. The monoisotopic (exact) mass is 427 g/mol. The third-order valence-electron chi connectivity index (χ3n) is 4.72. The summed E-state index contributed by atoms with van der Waals surface area (Å²) in [6.45, 7) is -0.627. The Bertz CT molecular complexity index is 1050. The molecule has 0 radical (unpaired) electrons. The molecule has 1 saturated heterocycles. The van der Waals surface area contributed by atoms with Crippen LogP contribution >= 0.6 is 11.6 Å². The molecule has 0 aliphatic carbocycles. The molecule has 154 valence electrons. The standard InChI is InChI=1S/C17H16ClF2N5O4/c18-11-7(8(19)1-2-9(11)20)3-21-15-12-16(23-5-22-15)25(6-24-12)17-14(28)13(27)10(4-26)29-17/h1-2,5-6,10,13-14,17,26-28H,3-4H2,(H,21,22,23)/t10-,13-,14+,17-/m1/s1. The van der Waals surface area contributed by atoms with Gasteiger partial charge in [-0.15, -0.1) is 0 Å². The number of fused-ring (bicyclic) bond motifs is 1. The lowest BCUT2D eigenvalue weighted by atomic mass is 10.1. The molecule has 3 heterocycles. The van der Waals surface area contributed by atoms with Crippen molar-refractivity contribution in [2.24, 2.45) is 0 Å². The van der Waals surface area contributed by atoms with Crippen molar-refractivity contribution in [1.29, 1.82) is 0 Å². The normalized spacial score (nSPS) is 24.3. The van der Waals surface area contributed by atoms with Crippen LogP contribution in [0.4, 0.5) is 14.6 Å². The van der Waals surface area contributed by atoms with E-state index in [1.54, 1.807) is 0 Å². The molecule has 9 nitrogen and oxygen atoms in total. The maximum Gasteiger partial charge on any atom is 0.167 e. The quantitative estimate of drug-likeness (QED) is 0.444. The second-order valence-electron chi connectivity index (χ2n) is 6.45. The van der Waals surface area contributed by atoms with E-state index in [-0.39, 0.29) is 34.1 Å². The van der Waals surface area contributed by atoms with Gasteiger partial charge in [0.1, 0.15) is 36.3 Å². The van der Waals surface area contributed by atoms with E-state index >= 15 is 0 Å². The zero-order valence-electron chi connectivity index (χ0n) is 14.7. The van der Waals surface area contributed by atoms with Gasteiger partial charge in [-0.05, 0) is 12.1 Å². The van der Waals surface area contributed by atoms with E-state index in [1.807, 2.05) is 0 Å². The van der Waals surface area contributed by atoms with E-state index in [9.17, 15) is 24.1 Å². The van der Waals surface area contributed by atoms with Crippen LogP contribution in [-0.2, 0) is 11.3 Å². The third kappa shape index (κ3) is 3.40.